The number of nitrogens with zero attached hydrogens (tertiary/aromatic N) is 4. The van der Waals surface area contributed by atoms with E-state index in [0.29, 0.717) is 6.54 Å². The van der Waals surface area contributed by atoms with Crippen molar-refractivity contribution in [2.45, 2.75) is 19.5 Å². The fourth-order valence-electron chi connectivity index (χ4n) is 1.44. The Bertz CT molecular complexity index is 477. The first-order chi connectivity index (χ1) is 8.13. The van der Waals surface area contributed by atoms with Gasteiger partial charge in [0, 0.05) is 37.6 Å². The molecule has 2 aromatic rings. The number of hydrogen-bond acceptors (Lipinski definition) is 3. The van der Waals surface area contributed by atoms with Crippen molar-refractivity contribution < 1.29 is 8.78 Å². The van der Waals surface area contributed by atoms with Gasteiger partial charge in [-0.2, -0.15) is 10.2 Å². The van der Waals surface area contributed by atoms with Gasteiger partial charge in [0.2, 0.25) is 0 Å². The average molecular weight is 241 g/mol. The van der Waals surface area contributed by atoms with Crippen LogP contribution in [0.5, 0.6) is 0 Å². The van der Waals surface area contributed by atoms with E-state index in [4.69, 9.17) is 0 Å². The number of aryl methyl sites for hydroxylation is 1. The van der Waals surface area contributed by atoms with Gasteiger partial charge in [-0.15, -0.1) is 0 Å². The highest BCUT2D eigenvalue weighted by Gasteiger charge is 2.05. The lowest BCUT2D eigenvalue weighted by Gasteiger charge is -2.00. The molecule has 0 saturated heterocycles. The zero-order valence-corrected chi connectivity index (χ0v) is 9.35. The Morgan fingerprint density at radius 3 is 2.94 bits per heavy atom. The molecule has 0 aliphatic heterocycles. The molecule has 0 atom stereocenters. The highest BCUT2D eigenvalue weighted by Crippen LogP contribution is 2.06. The third kappa shape index (κ3) is 3.27. The Morgan fingerprint density at radius 2 is 2.29 bits per heavy atom. The van der Waals surface area contributed by atoms with Crippen molar-refractivity contribution in [3.8, 4) is 0 Å². The largest absolute Gasteiger partial charge is 0.364 e. The fraction of sp³-hybridized carbons (Fsp3) is 0.400. The summed E-state index contributed by atoms with van der Waals surface area (Å²) >= 11 is 0. The summed E-state index contributed by atoms with van der Waals surface area (Å²) < 4.78 is 27.1. The minimum absolute atomic E-state index is 0.371. The van der Waals surface area contributed by atoms with E-state index in [-0.39, 0.29) is 6.54 Å². The molecule has 17 heavy (non-hydrogen) atoms. The molecule has 2 heterocycles. The van der Waals surface area contributed by atoms with E-state index in [9.17, 15) is 8.78 Å². The number of rotatable bonds is 5. The van der Waals surface area contributed by atoms with E-state index < -0.39 is 6.43 Å². The molecule has 0 spiro atoms. The summed E-state index contributed by atoms with van der Waals surface area (Å²) in [6.45, 7) is 0.143. The molecule has 0 aliphatic rings. The van der Waals surface area contributed by atoms with E-state index in [1.807, 2.05) is 19.3 Å². The maximum Gasteiger partial charge on any atom is 0.257 e. The van der Waals surface area contributed by atoms with Crippen LogP contribution in [-0.2, 0) is 20.1 Å². The van der Waals surface area contributed by atoms with E-state index in [1.165, 1.54) is 4.68 Å². The number of nitrogens with one attached hydrogen (secondary N) is 1. The summed E-state index contributed by atoms with van der Waals surface area (Å²) in [5.74, 6) is 0.745. The standard InChI is InChI=1S/C10H13F2N5/c1-16-3-2-10(15-16)13-4-8-5-14-17(6-8)7-9(11)12/h2-3,5-6,9H,4,7H2,1H3,(H,13,15). The second-order valence-electron chi connectivity index (χ2n) is 3.69. The first-order valence-electron chi connectivity index (χ1n) is 5.16. The molecule has 0 aliphatic carbocycles. The van der Waals surface area contributed by atoms with Crippen molar-refractivity contribution in [3.63, 3.8) is 0 Å². The van der Waals surface area contributed by atoms with E-state index in [0.717, 1.165) is 11.4 Å². The quantitative estimate of drug-likeness (QED) is 0.862. The van der Waals surface area contributed by atoms with Gasteiger partial charge in [0.05, 0.1) is 6.20 Å². The smallest absolute Gasteiger partial charge is 0.257 e. The molecule has 0 amide bonds. The number of hydrogen-bond donors (Lipinski definition) is 1. The maximum absolute atomic E-state index is 12.1. The minimum Gasteiger partial charge on any atom is -0.364 e. The van der Waals surface area contributed by atoms with Crippen LogP contribution in [0.15, 0.2) is 24.7 Å². The lowest BCUT2D eigenvalue weighted by Crippen LogP contribution is -2.06. The Balaban J connectivity index is 1.89. The highest BCUT2D eigenvalue weighted by molar-refractivity contribution is 5.33. The third-order valence-electron chi connectivity index (χ3n) is 2.20. The van der Waals surface area contributed by atoms with E-state index >= 15 is 0 Å². The Kier molecular flexibility index (Phi) is 3.36. The lowest BCUT2D eigenvalue weighted by molar-refractivity contribution is 0.122. The van der Waals surface area contributed by atoms with Gasteiger partial charge < -0.3 is 5.32 Å². The van der Waals surface area contributed by atoms with Crippen LogP contribution in [0.25, 0.3) is 0 Å². The van der Waals surface area contributed by atoms with Crippen LogP contribution in [0.2, 0.25) is 0 Å². The topological polar surface area (TPSA) is 47.7 Å². The van der Waals surface area contributed by atoms with Crippen molar-refractivity contribution in [3.05, 3.63) is 30.2 Å². The van der Waals surface area contributed by atoms with Crippen molar-refractivity contribution in [1.29, 1.82) is 0 Å². The van der Waals surface area contributed by atoms with Crippen LogP contribution < -0.4 is 5.32 Å². The molecule has 92 valence electrons. The molecule has 0 radical (unpaired) electrons. The van der Waals surface area contributed by atoms with E-state index in [2.05, 4.69) is 15.5 Å². The fourth-order valence-corrected chi connectivity index (χ4v) is 1.44. The first kappa shape index (κ1) is 11.6. The van der Waals surface area contributed by atoms with E-state index in [1.54, 1.807) is 17.1 Å². The van der Waals surface area contributed by atoms with Gasteiger partial charge in [0.15, 0.2) is 0 Å². The van der Waals surface area contributed by atoms with Crippen LogP contribution in [0.4, 0.5) is 14.6 Å². The minimum atomic E-state index is -2.38. The van der Waals surface area contributed by atoms with Crippen LogP contribution in [0.1, 0.15) is 5.56 Å². The van der Waals surface area contributed by atoms with Gasteiger partial charge >= 0.3 is 0 Å². The molecule has 0 unspecified atom stereocenters. The van der Waals surface area contributed by atoms with Gasteiger partial charge in [-0.25, -0.2) is 8.78 Å². The molecular formula is C10H13F2N5. The van der Waals surface area contributed by atoms with Gasteiger partial charge in [-0.1, -0.05) is 0 Å². The monoisotopic (exact) mass is 241 g/mol. The molecule has 1 N–H and O–H groups in total. The normalized spacial score (nSPS) is 11.1. The summed E-state index contributed by atoms with van der Waals surface area (Å²) in [5, 5.41) is 11.1. The predicted molar refractivity (Wildman–Crippen MR) is 58.8 cm³/mol. The maximum atomic E-state index is 12.1. The van der Waals surface area contributed by atoms with Crippen molar-refractivity contribution >= 4 is 5.82 Å². The highest BCUT2D eigenvalue weighted by atomic mass is 19.3. The number of aromatic nitrogens is 4. The Hall–Kier alpha value is -1.92. The second-order valence-corrected chi connectivity index (χ2v) is 3.69. The van der Waals surface area contributed by atoms with Crippen molar-refractivity contribution in [2.24, 2.45) is 7.05 Å². The number of halogens is 2. The Labute approximate surface area is 97.0 Å². The molecule has 5 nitrogen and oxygen atoms in total. The summed E-state index contributed by atoms with van der Waals surface area (Å²) in [6, 6.07) is 1.84. The third-order valence-corrected chi connectivity index (χ3v) is 2.20. The van der Waals surface area contributed by atoms with Crippen molar-refractivity contribution in [2.75, 3.05) is 5.32 Å². The van der Waals surface area contributed by atoms with Crippen molar-refractivity contribution in [1.82, 2.24) is 19.6 Å². The van der Waals surface area contributed by atoms with Crippen LogP contribution >= 0.6 is 0 Å². The molecule has 0 fully saturated rings. The van der Waals surface area contributed by atoms with Gasteiger partial charge in [-0.3, -0.25) is 9.36 Å². The lowest BCUT2D eigenvalue weighted by atomic mass is 10.3. The molecule has 0 aromatic carbocycles. The number of alkyl halides is 2. The molecule has 2 aromatic heterocycles. The SMILES string of the molecule is Cn1ccc(NCc2cnn(CC(F)F)c2)n1. The number of anilines is 1. The average Bonchev–Trinajstić information content (AvgIpc) is 2.84. The summed E-state index contributed by atoms with van der Waals surface area (Å²) in [7, 11) is 1.83. The Morgan fingerprint density at radius 1 is 1.47 bits per heavy atom. The van der Waals surface area contributed by atoms with Crippen LogP contribution in [0.3, 0.4) is 0 Å². The predicted octanol–water partition coefficient (Wildman–Crippen LogP) is 1.49. The molecular weight excluding hydrogens is 228 g/mol. The zero-order chi connectivity index (χ0) is 12.3. The molecule has 0 saturated carbocycles. The molecule has 7 heteroatoms. The summed E-state index contributed by atoms with van der Waals surface area (Å²) in [5.41, 5.74) is 0.844. The van der Waals surface area contributed by atoms with Gasteiger partial charge in [0.1, 0.15) is 12.4 Å². The van der Waals surface area contributed by atoms with Crippen LogP contribution in [-0.4, -0.2) is 26.0 Å². The zero-order valence-electron chi connectivity index (χ0n) is 9.35. The van der Waals surface area contributed by atoms with Gasteiger partial charge in [-0.05, 0) is 0 Å². The summed E-state index contributed by atoms with van der Waals surface area (Å²) in [6.07, 6.45) is 2.61. The van der Waals surface area contributed by atoms with Crippen LogP contribution in [0, 0.1) is 0 Å². The molecule has 0 bridgehead atoms. The van der Waals surface area contributed by atoms with Gasteiger partial charge in [0.25, 0.3) is 6.43 Å². The molecule has 2 rings (SSSR count). The summed E-state index contributed by atoms with van der Waals surface area (Å²) in [4.78, 5) is 0. The second kappa shape index (κ2) is 4.94. The first-order valence-corrected chi connectivity index (χ1v) is 5.16.